The number of thioether (sulfide) groups is 1. The van der Waals surface area contributed by atoms with Crippen LogP contribution in [0.2, 0.25) is 0 Å². The van der Waals surface area contributed by atoms with Crippen molar-refractivity contribution in [1.82, 2.24) is 20.1 Å². The zero-order valence-electron chi connectivity index (χ0n) is 8.66. The molecule has 1 aliphatic heterocycles. The average molecular weight is 212 g/mol. The van der Waals surface area contributed by atoms with Crippen LogP contribution in [0.3, 0.4) is 0 Å². The first-order chi connectivity index (χ1) is 6.75. The quantitative estimate of drug-likeness (QED) is 0.758. The third kappa shape index (κ3) is 2.27. The standard InChI is InChI=1S/C9H16N4S/c1-7-11-9(13(2)12-7)14-6-8-4-3-5-10-8/h8,10H,3-6H2,1-2H3. The van der Waals surface area contributed by atoms with Crippen molar-refractivity contribution in [2.24, 2.45) is 7.05 Å². The minimum Gasteiger partial charge on any atom is -0.313 e. The van der Waals surface area contributed by atoms with Gasteiger partial charge in [-0.3, -0.25) is 0 Å². The van der Waals surface area contributed by atoms with Gasteiger partial charge in [0.1, 0.15) is 5.82 Å². The van der Waals surface area contributed by atoms with Crippen molar-refractivity contribution in [2.45, 2.75) is 31.0 Å². The molecular weight excluding hydrogens is 196 g/mol. The Bertz CT molecular complexity index is 304. The summed E-state index contributed by atoms with van der Waals surface area (Å²) in [6, 6.07) is 0.664. The molecule has 0 radical (unpaired) electrons. The Kier molecular flexibility index (Phi) is 3.08. The van der Waals surface area contributed by atoms with Crippen LogP contribution in [0.4, 0.5) is 0 Å². The number of nitrogens with zero attached hydrogens (tertiary/aromatic N) is 3. The molecule has 1 atom stereocenters. The fourth-order valence-corrected chi connectivity index (χ4v) is 2.75. The van der Waals surface area contributed by atoms with Crippen LogP contribution >= 0.6 is 11.8 Å². The van der Waals surface area contributed by atoms with E-state index in [1.165, 1.54) is 19.4 Å². The van der Waals surface area contributed by atoms with E-state index in [0.29, 0.717) is 6.04 Å². The first kappa shape index (κ1) is 9.98. The smallest absolute Gasteiger partial charge is 0.186 e. The van der Waals surface area contributed by atoms with E-state index in [9.17, 15) is 0 Å². The SMILES string of the molecule is Cc1nc(SCC2CCCN2)n(C)n1. The van der Waals surface area contributed by atoms with Crippen molar-refractivity contribution in [1.29, 1.82) is 0 Å². The van der Waals surface area contributed by atoms with Crippen LogP contribution in [0.15, 0.2) is 5.16 Å². The highest BCUT2D eigenvalue weighted by molar-refractivity contribution is 7.99. The third-order valence-electron chi connectivity index (χ3n) is 2.40. The van der Waals surface area contributed by atoms with E-state index in [4.69, 9.17) is 0 Å². The lowest BCUT2D eigenvalue weighted by Crippen LogP contribution is -2.23. The second-order valence-electron chi connectivity index (χ2n) is 3.67. The van der Waals surface area contributed by atoms with E-state index < -0.39 is 0 Å². The summed E-state index contributed by atoms with van der Waals surface area (Å²) < 4.78 is 1.86. The van der Waals surface area contributed by atoms with Crippen molar-refractivity contribution < 1.29 is 0 Å². The summed E-state index contributed by atoms with van der Waals surface area (Å²) in [6.45, 7) is 3.10. The lowest BCUT2D eigenvalue weighted by Gasteiger charge is -2.07. The molecule has 0 spiro atoms. The minimum absolute atomic E-state index is 0.664. The molecule has 1 aromatic heterocycles. The molecule has 1 aliphatic rings. The molecule has 0 saturated carbocycles. The average Bonchev–Trinajstić information content (AvgIpc) is 2.72. The molecule has 1 unspecified atom stereocenters. The van der Waals surface area contributed by atoms with Crippen molar-refractivity contribution in [3.63, 3.8) is 0 Å². The first-order valence-electron chi connectivity index (χ1n) is 4.99. The van der Waals surface area contributed by atoms with Crippen LogP contribution in [0.5, 0.6) is 0 Å². The Morgan fingerprint density at radius 3 is 3.07 bits per heavy atom. The fraction of sp³-hybridized carbons (Fsp3) is 0.778. The molecule has 0 amide bonds. The van der Waals surface area contributed by atoms with E-state index in [1.807, 2.05) is 18.7 Å². The zero-order valence-corrected chi connectivity index (χ0v) is 9.47. The summed E-state index contributed by atoms with van der Waals surface area (Å²) in [5, 5.41) is 8.72. The Morgan fingerprint density at radius 2 is 2.50 bits per heavy atom. The molecule has 1 N–H and O–H groups in total. The Hall–Kier alpha value is -0.550. The van der Waals surface area contributed by atoms with Crippen LogP contribution in [0.1, 0.15) is 18.7 Å². The summed E-state index contributed by atoms with van der Waals surface area (Å²) in [6.07, 6.45) is 2.60. The number of aryl methyl sites for hydroxylation is 2. The molecule has 0 aliphatic carbocycles. The Balaban J connectivity index is 1.87. The van der Waals surface area contributed by atoms with Crippen LogP contribution in [0, 0.1) is 6.92 Å². The zero-order chi connectivity index (χ0) is 9.97. The van der Waals surface area contributed by atoms with Gasteiger partial charge in [0.15, 0.2) is 5.16 Å². The lowest BCUT2D eigenvalue weighted by atomic mass is 10.3. The van der Waals surface area contributed by atoms with Crippen LogP contribution in [0.25, 0.3) is 0 Å². The third-order valence-corrected chi connectivity index (χ3v) is 3.59. The van der Waals surface area contributed by atoms with Gasteiger partial charge in [-0.05, 0) is 26.3 Å². The highest BCUT2D eigenvalue weighted by Crippen LogP contribution is 2.18. The number of nitrogens with one attached hydrogen (secondary N) is 1. The molecule has 1 saturated heterocycles. The van der Waals surface area contributed by atoms with Gasteiger partial charge in [-0.1, -0.05) is 11.8 Å². The number of hydrogen-bond donors (Lipinski definition) is 1. The summed E-state index contributed by atoms with van der Waals surface area (Å²) in [5.74, 6) is 1.96. The summed E-state index contributed by atoms with van der Waals surface area (Å²) >= 11 is 1.79. The van der Waals surface area contributed by atoms with Gasteiger partial charge in [0.2, 0.25) is 0 Å². The van der Waals surface area contributed by atoms with Gasteiger partial charge in [-0.15, -0.1) is 0 Å². The second kappa shape index (κ2) is 4.31. The molecule has 1 fully saturated rings. The fourth-order valence-electron chi connectivity index (χ4n) is 1.69. The highest BCUT2D eigenvalue weighted by Gasteiger charge is 2.15. The van der Waals surface area contributed by atoms with E-state index in [0.717, 1.165) is 16.7 Å². The van der Waals surface area contributed by atoms with E-state index in [2.05, 4.69) is 15.4 Å². The molecule has 4 nitrogen and oxygen atoms in total. The molecule has 0 bridgehead atoms. The van der Waals surface area contributed by atoms with E-state index in [1.54, 1.807) is 11.8 Å². The lowest BCUT2D eigenvalue weighted by molar-refractivity contribution is 0.661. The van der Waals surface area contributed by atoms with Crippen molar-refractivity contribution in [3.8, 4) is 0 Å². The molecule has 5 heteroatoms. The van der Waals surface area contributed by atoms with Crippen molar-refractivity contribution in [3.05, 3.63) is 5.82 Å². The predicted octanol–water partition coefficient (Wildman–Crippen LogP) is 0.968. The van der Waals surface area contributed by atoms with E-state index >= 15 is 0 Å². The summed E-state index contributed by atoms with van der Waals surface area (Å²) in [5.41, 5.74) is 0. The van der Waals surface area contributed by atoms with Crippen LogP contribution in [-0.2, 0) is 7.05 Å². The largest absolute Gasteiger partial charge is 0.313 e. The van der Waals surface area contributed by atoms with Crippen LogP contribution < -0.4 is 5.32 Å². The maximum atomic E-state index is 4.36. The number of aromatic nitrogens is 3. The predicted molar refractivity (Wildman–Crippen MR) is 57.5 cm³/mol. The second-order valence-corrected chi connectivity index (χ2v) is 4.66. The molecule has 2 rings (SSSR count). The molecule has 2 heterocycles. The maximum Gasteiger partial charge on any atom is 0.186 e. The van der Waals surface area contributed by atoms with Crippen molar-refractivity contribution in [2.75, 3.05) is 12.3 Å². The molecular formula is C9H16N4S. The monoisotopic (exact) mass is 212 g/mol. The van der Waals surface area contributed by atoms with Gasteiger partial charge < -0.3 is 5.32 Å². The highest BCUT2D eigenvalue weighted by atomic mass is 32.2. The van der Waals surface area contributed by atoms with Gasteiger partial charge in [0.25, 0.3) is 0 Å². The topological polar surface area (TPSA) is 42.7 Å². The van der Waals surface area contributed by atoms with Gasteiger partial charge in [-0.25, -0.2) is 9.67 Å². The van der Waals surface area contributed by atoms with E-state index in [-0.39, 0.29) is 0 Å². The number of hydrogen-bond acceptors (Lipinski definition) is 4. The van der Waals surface area contributed by atoms with Gasteiger partial charge in [0.05, 0.1) is 0 Å². The minimum atomic E-state index is 0.664. The van der Waals surface area contributed by atoms with Crippen LogP contribution in [-0.4, -0.2) is 33.1 Å². The van der Waals surface area contributed by atoms with Gasteiger partial charge >= 0.3 is 0 Å². The Morgan fingerprint density at radius 1 is 1.64 bits per heavy atom. The first-order valence-corrected chi connectivity index (χ1v) is 5.98. The molecule has 78 valence electrons. The van der Waals surface area contributed by atoms with Gasteiger partial charge in [0, 0.05) is 18.8 Å². The summed E-state index contributed by atoms with van der Waals surface area (Å²) in [4.78, 5) is 4.36. The Labute approximate surface area is 88.5 Å². The number of rotatable bonds is 3. The summed E-state index contributed by atoms with van der Waals surface area (Å²) in [7, 11) is 1.95. The maximum absolute atomic E-state index is 4.36. The normalized spacial score (nSPS) is 21.7. The van der Waals surface area contributed by atoms with Crippen molar-refractivity contribution >= 4 is 11.8 Å². The van der Waals surface area contributed by atoms with Gasteiger partial charge in [-0.2, -0.15) is 5.10 Å². The molecule has 1 aromatic rings. The molecule has 0 aromatic carbocycles. The molecule has 14 heavy (non-hydrogen) atoms.